The molecule has 3 rings (SSSR count). The van der Waals surface area contributed by atoms with Gasteiger partial charge in [-0.25, -0.2) is 21.2 Å². The lowest BCUT2D eigenvalue weighted by atomic mass is 10.2. The van der Waals surface area contributed by atoms with Gasteiger partial charge in [0, 0.05) is 11.8 Å². The normalized spacial score (nSPS) is 18.0. The molecule has 30 heavy (non-hydrogen) atoms. The molecule has 0 saturated carbocycles. The van der Waals surface area contributed by atoms with Crippen LogP contribution in [0.1, 0.15) is 16.8 Å². The number of nitrogens with one attached hydrogen (secondary N) is 1. The van der Waals surface area contributed by atoms with Crippen LogP contribution in [0.5, 0.6) is 11.5 Å². The molecule has 11 heteroatoms. The molecule has 1 aliphatic rings. The number of hydrogen-bond donors (Lipinski definition) is 1. The van der Waals surface area contributed by atoms with Crippen LogP contribution in [-0.4, -0.2) is 53.7 Å². The highest BCUT2D eigenvalue weighted by atomic mass is 32.2. The minimum atomic E-state index is -4.04. The third-order valence-electron chi connectivity index (χ3n) is 4.78. The highest BCUT2D eigenvalue weighted by Crippen LogP contribution is 2.30. The van der Waals surface area contributed by atoms with E-state index in [-0.39, 0.29) is 22.8 Å². The van der Waals surface area contributed by atoms with Gasteiger partial charge < -0.3 is 14.8 Å². The van der Waals surface area contributed by atoms with Gasteiger partial charge in [-0.1, -0.05) is 0 Å². The summed E-state index contributed by atoms with van der Waals surface area (Å²) < 4.78 is 73.4. The van der Waals surface area contributed by atoms with Crippen molar-refractivity contribution in [3.05, 3.63) is 47.8 Å². The van der Waals surface area contributed by atoms with Crippen LogP contribution in [0.15, 0.2) is 41.3 Å². The summed E-state index contributed by atoms with van der Waals surface area (Å²) in [7, 11) is -4.60. The molecule has 1 heterocycles. The second kappa shape index (κ2) is 8.23. The Morgan fingerprint density at radius 1 is 1.10 bits per heavy atom. The molecule has 1 saturated heterocycles. The van der Waals surface area contributed by atoms with Crippen molar-refractivity contribution in [2.75, 3.05) is 31.0 Å². The maximum atomic E-state index is 14.3. The summed E-state index contributed by atoms with van der Waals surface area (Å²) in [5.41, 5.74) is -0.195. The van der Waals surface area contributed by atoms with E-state index in [1.807, 2.05) is 0 Å². The molecule has 1 aliphatic heterocycles. The highest BCUT2D eigenvalue weighted by Gasteiger charge is 2.38. The molecule has 0 aliphatic carbocycles. The van der Waals surface area contributed by atoms with E-state index in [1.165, 1.54) is 26.4 Å². The van der Waals surface area contributed by atoms with Crippen LogP contribution in [-0.2, 0) is 19.7 Å². The Bertz CT molecular complexity index is 1190. The number of rotatable bonds is 6. The minimum Gasteiger partial charge on any atom is -0.493 e. The average molecular weight is 458 g/mol. The van der Waals surface area contributed by atoms with Gasteiger partial charge in [0.05, 0.1) is 41.4 Å². The Morgan fingerprint density at radius 2 is 1.80 bits per heavy atom. The van der Waals surface area contributed by atoms with Crippen molar-refractivity contribution >= 4 is 31.3 Å². The monoisotopic (exact) mass is 457 g/mol. The molecule has 0 bridgehead atoms. The van der Waals surface area contributed by atoms with E-state index < -0.39 is 48.0 Å². The Kier molecular flexibility index (Phi) is 6.04. The first-order valence-corrected chi connectivity index (χ1v) is 12.2. The molecule has 1 N–H and O–H groups in total. The standard InChI is InChI=1S/C19H20FNO7S2/c1-27-17-6-3-12(9-18(17)28-2)21-19(22)15-10-13(4-5-16(15)20)30(25,26)14-7-8-29(23,24)11-14/h3-6,9-10,14H,7-8,11H2,1-2H3,(H,21,22)/t14-/m1/s1. The van der Waals surface area contributed by atoms with Crippen LogP contribution in [0.4, 0.5) is 10.1 Å². The van der Waals surface area contributed by atoms with Gasteiger partial charge in [-0.15, -0.1) is 0 Å². The van der Waals surface area contributed by atoms with Crippen LogP contribution in [0.3, 0.4) is 0 Å². The lowest BCUT2D eigenvalue weighted by molar-refractivity contribution is 0.102. The maximum Gasteiger partial charge on any atom is 0.258 e. The summed E-state index contributed by atoms with van der Waals surface area (Å²) in [6.07, 6.45) is -0.0325. The van der Waals surface area contributed by atoms with Crippen molar-refractivity contribution in [2.45, 2.75) is 16.6 Å². The average Bonchev–Trinajstić information content (AvgIpc) is 3.08. The second-order valence-electron chi connectivity index (χ2n) is 6.74. The lowest BCUT2D eigenvalue weighted by Crippen LogP contribution is -2.23. The molecule has 162 valence electrons. The number of anilines is 1. The highest BCUT2D eigenvalue weighted by molar-refractivity contribution is 7.96. The van der Waals surface area contributed by atoms with Crippen LogP contribution in [0.25, 0.3) is 0 Å². The van der Waals surface area contributed by atoms with Crippen LogP contribution < -0.4 is 14.8 Å². The molecule has 8 nitrogen and oxygen atoms in total. The van der Waals surface area contributed by atoms with Crippen molar-refractivity contribution in [2.24, 2.45) is 0 Å². The molecule has 1 atom stereocenters. The Labute approximate surface area is 173 Å². The number of sulfone groups is 2. The molecular weight excluding hydrogens is 437 g/mol. The third kappa shape index (κ3) is 4.41. The van der Waals surface area contributed by atoms with Gasteiger partial charge in [0.2, 0.25) is 0 Å². The number of hydrogen-bond acceptors (Lipinski definition) is 7. The van der Waals surface area contributed by atoms with Crippen LogP contribution >= 0.6 is 0 Å². The van der Waals surface area contributed by atoms with Crippen molar-refractivity contribution in [1.29, 1.82) is 0 Å². The van der Waals surface area contributed by atoms with Crippen molar-refractivity contribution < 1.29 is 35.5 Å². The largest absolute Gasteiger partial charge is 0.493 e. The van der Waals surface area contributed by atoms with E-state index in [0.29, 0.717) is 11.5 Å². The zero-order valence-electron chi connectivity index (χ0n) is 16.2. The van der Waals surface area contributed by atoms with E-state index in [4.69, 9.17) is 9.47 Å². The van der Waals surface area contributed by atoms with Crippen molar-refractivity contribution in [3.63, 3.8) is 0 Å². The molecular formula is C19H20FNO7S2. The first-order chi connectivity index (χ1) is 14.1. The number of methoxy groups -OCH3 is 2. The Morgan fingerprint density at radius 3 is 2.40 bits per heavy atom. The SMILES string of the molecule is COc1ccc(NC(=O)c2cc(S(=O)(=O)[C@@H]3CCS(=O)(=O)C3)ccc2F)cc1OC. The van der Waals surface area contributed by atoms with Gasteiger partial charge in [-0.05, 0) is 36.8 Å². The molecule has 2 aromatic rings. The Balaban J connectivity index is 1.89. The van der Waals surface area contributed by atoms with Crippen molar-refractivity contribution in [3.8, 4) is 11.5 Å². The topological polar surface area (TPSA) is 116 Å². The van der Waals surface area contributed by atoms with Crippen molar-refractivity contribution in [1.82, 2.24) is 0 Å². The predicted molar refractivity (Wildman–Crippen MR) is 108 cm³/mol. The summed E-state index contributed by atoms with van der Waals surface area (Å²) in [5, 5.41) is 1.37. The number of amides is 1. The van der Waals surface area contributed by atoms with Gasteiger partial charge in [0.1, 0.15) is 5.82 Å². The van der Waals surface area contributed by atoms with E-state index in [9.17, 15) is 26.0 Å². The van der Waals surface area contributed by atoms with Crippen LogP contribution in [0, 0.1) is 5.82 Å². The summed E-state index contributed by atoms with van der Waals surface area (Å²) in [6, 6.07) is 7.36. The first kappa shape index (κ1) is 22.0. The zero-order chi connectivity index (χ0) is 22.1. The molecule has 2 aromatic carbocycles. The summed E-state index contributed by atoms with van der Waals surface area (Å²) in [6.45, 7) is 0. The van der Waals surface area contributed by atoms with Gasteiger partial charge in [0.15, 0.2) is 31.2 Å². The van der Waals surface area contributed by atoms with E-state index in [1.54, 1.807) is 6.07 Å². The lowest BCUT2D eigenvalue weighted by Gasteiger charge is -2.13. The molecule has 0 radical (unpaired) electrons. The van der Waals surface area contributed by atoms with Crippen LogP contribution in [0.2, 0.25) is 0 Å². The van der Waals surface area contributed by atoms with Gasteiger partial charge in [-0.3, -0.25) is 4.79 Å². The molecule has 0 spiro atoms. The van der Waals surface area contributed by atoms with E-state index in [0.717, 1.165) is 18.2 Å². The van der Waals surface area contributed by atoms with E-state index in [2.05, 4.69) is 5.32 Å². The maximum absolute atomic E-state index is 14.3. The molecule has 1 fully saturated rings. The predicted octanol–water partition coefficient (Wildman–Crippen LogP) is 2.06. The number of benzene rings is 2. The molecule has 0 unspecified atom stereocenters. The summed E-state index contributed by atoms with van der Waals surface area (Å²) in [4.78, 5) is 12.3. The molecule has 0 aromatic heterocycles. The second-order valence-corrected chi connectivity index (χ2v) is 11.2. The van der Waals surface area contributed by atoms with Gasteiger partial charge in [0.25, 0.3) is 5.91 Å². The number of halogens is 1. The first-order valence-electron chi connectivity index (χ1n) is 8.84. The smallest absolute Gasteiger partial charge is 0.258 e. The van der Waals surface area contributed by atoms with E-state index >= 15 is 0 Å². The Hall–Kier alpha value is -2.66. The fourth-order valence-electron chi connectivity index (χ4n) is 3.17. The molecule has 1 amide bonds. The summed E-state index contributed by atoms with van der Waals surface area (Å²) >= 11 is 0. The quantitative estimate of drug-likeness (QED) is 0.660. The number of carbonyl (C=O) groups excluding carboxylic acids is 1. The third-order valence-corrected chi connectivity index (χ3v) is 8.95. The zero-order valence-corrected chi connectivity index (χ0v) is 17.8. The fraction of sp³-hybridized carbons (Fsp3) is 0.316. The number of carbonyl (C=O) groups is 1. The summed E-state index contributed by atoms with van der Waals surface area (Å²) in [5.74, 6) is -1.71. The van der Waals surface area contributed by atoms with Gasteiger partial charge in [-0.2, -0.15) is 0 Å². The minimum absolute atomic E-state index is 0.0325. The fourth-order valence-corrected chi connectivity index (χ4v) is 7.55. The number of ether oxygens (including phenoxy) is 2. The van der Waals surface area contributed by atoms with Gasteiger partial charge >= 0.3 is 0 Å².